The third-order valence-corrected chi connectivity index (χ3v) is 4.96. The van der Waals surface area contributed by atoms with Gasteiger partial charge < -0.3 is 36.9 Å². The molecule has 0 radical (unpaired) electrons. The van der Waals surface area contributed by atoms with E-state index in [1.54, 1.807) is 20.0 Å². The topological polar surface area (TPSA) is 200 Å². The first-order valence-electron chi connectivity index (χ1n) is 10.9. The van der Waals surface area contributed by atoms with Gasteiger partial charge >= 0.3 is 5.97 Å². The number of nitrogens with two attached hydrogens (primary N) is 1. The smallest absolute Gasteiger partial charge is 0.328 e. The van der Waals surface area contributed by atoms with E-state index in [2.05, 4.69) is 25.9 Å². The van der Waals surface area contributed by atoms with Crippen molar-refractivity contribution in [1.82, 2.24) is 25.9 Å². The minimum absolute atomic E-state index is 0.0443. The number of imidazole rings is 1. The SMILES string of the molecule is CC(C)CC(NC(=O)C(N)Cc1cnc[nH]1)C(=O)NC(C(=O)NC(C(=O)O)C(C)O)C(C)C. The summed E-state index contributed by atoms with van der Waals surface area (Å²) >= 11 is 0. The predicted molar refractivity (Wildman–Crippen MR) is 120 cm³/mol. The van der Waals surface area contributed by atoms with Gasteiger partial charge in [0.1, 0.15) is 12.1 Å². The van der Waals surface area contributed by atoms with Gasteiger partial charge in [-0.3, -0.25) is 14.4 Å². The summed E-state index contributed by atoms with van der Waals surface area (Å²) in [5.74, 6) is -3.63. The normalized spacial score (nSPS) is 15.9. The van der Waals surface area contributed by atoms with Gasteiger partial charge in [0.15, 0.2) is 6.04 Å². The van der Waals surface area contributed by atoms with Gasteiger partial charge in [0.2, 0.25) is 17.7 Å². The standard InChI is InChI=1S/C21H36N6O6/c1-10(2)6-15(25-18(29)14(22)7-13-8-23-9-24-13)19(30)26-16(11(3)4)20(31)27-17(12(5)28)21(32)33/h8-12,14-17,28H,6-7,22H2,1-5H3,(H,23,24)(H,25,29)(H,26,30)(H,27,31)(H,32,33). The number of amides is 3. The highest BCUT2D eigenvalue weighted by Crippen LogP contribution is 2.09. The van der Waals surface area contributed by atoms with Gasteiger partial charge in [-0.25, -0.2) is 9.78 Å². The van der Waals surface area contributed by atoms with Crippen LogP contribution >= 0.6 is 0 Å². The fourth-order valence-electron chi connectivity index (χ4n) is 3.13. The Morgan fingerprint density at radius 2 is 1.61 bits per heavy atom. The minimum Gasteiger partial charge on any atom is -0.480 e. The van der Waals surface area contributed by atoms with Crippen LogP contribution in [0.4, 0.5) is 0 Å². The molecule has 5 atom stereocenters. The van der Waals surface area contributed by atoms with Crippen LogP contribution in [0.5, 0.6) is 0 Å². The molecule has 0 aliphatic carbocycles. The number of aliphatic hydroxyl groups is 1. The molecular weight excluding hydrogens is 432 g/mol. The first kappa shape index (κ1) is 28.0. The third-order valence-electron chi connectivity index (χ3n) is 4.96. The van der Waals surface area contributed by atoms with Crippen LogP contribution in [0.25, 0.3) is 0 Å². The number of aromatic nitrogens is 2. The Bertz CT molecular complexity index is 795. The lowest BCUT2D eigenvalue weighted by molar-refractivity contribution is -0.145. The lowest BCUT2D eigenvalue weighted by Gasteiger charge is -2.28. The van der Waals surface area contributed by atoms with E-state index >= 15 is 0 Å². The van der Waals surface area contributed by atoms with Crippen LogP contribution in [0, 0.1) is 11.8 Å². The van der Waals surface area contributed by atoms with Crippen molar-refractivity contribution < 1.29 is 29.4 Å². The molecule has 0 aliphatic rings. The fourth-order valence-corrected chi connectivity index (χ4v) is 3.13. The van der Waals surface area contributed by atoms with Crippen LogP contribution in [0.2, 0.25) is 0 Å². The second kappa shape index (κ2) is 12.9. The van der Waals surface area contributed by atoms with Gasteiger partial charge in [0.05, 0.1) is 18.5 Å². The van der Waals surface area contributed by atoms with Crippen molar-refractivity contribution in [1.29, 1.82) is 0 Å². The van der Waals surface area contributed by atoms with E-state index in [1.807, 2.05) is 13.8 Å². The van der Waals surface area contributed by atoms with E-state index in [0.29, 0.717) is 12.1 Å². The number of carboxylic acids is 1. The van der Waals surface area contributed by atoms with Gasteiger partial charge in [-0.15, -0.1) is 0 Å². The number of hydrogen-bond acceptors (Lipinski definition) is 7. The van der Waals surface area contributed by atoms with Crippen LogP contribution in [-0.2, 0) is 25.6 Å². The van der Waals surface area contributed by atoms with E-state index < -0.39 is 59.9 Å². The van der Waals surface area contributed by atoms with Gasteiger partial charge in [-0.1, -0.05) is 27.7 Å². The number of hydrogen-bond donors (Lipinski definition) is 7. The summed E-state index contributed by atoms with van der Waals surface area (Å²) in [5, 5.41) is 26.3. The lowest BCUT2D eigenvalue weighted by atomic mass is 9.99. The highest BCUT2D eigenvalue weighted by Gasteiger charge is 2.33. The highest BCUT2D eigenvalue weighted by atomic mass is 16.4. The Labute approximate surface area is 193 Å². The molecule has 0 fully saturated rings. The second-order valence-corrected chi connectivity index (χ2v) is 8.87. The average Bonchev–Trinajstić information content (AvgIpc) is 3.21. The number of aromatic amines is 1. The molecule has 8 N–H and O–H groups in total. The number of H-pyrrole nitrogens is 1. The maximum absolute atomic E-state index is 13.0. The number of aliphatic carboxylic acids is 1. The summed E-state index contributed by atoms with van der Waals surface area (Å²) in [6.07, 6.45) is 2.19. The van der Waals surface area contributed by atoms with Crippen molar-refractivity contribution in [3.63, 3.8) is 0 Å². The summed E-state index contributed by atoms with van der Waals surface area (Å²) in [7, 11) is 0. The Balaban J connectivity index is 2.91. The first-order valence-corrected chi connectivity index (χ1v) is 10.9. The Hall–Kier alpha value is -2.99. The predicted octanol–water partition coefficient (Wildman–Crippen LogP) is -1.10. The summed E-state index contributed by atoms with van der Waals surface area (Å²) in [5.41, 5.74) is 6.63. The second-order valence-electron chi connectivity index (χ2n) is 8.87. The molecule has 1 aromatic rings. The molecule has 12 nitrogen and oxygen atoms in total. The third kappa shape index (κ3) is 9.18. The lowest BCUT2D eigenvalue weighted by Crippen LogP contribution is -2.59. The minimum atomic E-state index is -1.53. The zero-order valence-corrected chi connectivity index (χ0v) is 19.7. The largest absolute Gasteiger partial charge is 0.480 e. The molecule has 0 saturated heterocycles. The van der Waals surface area contributed by atoms with E-state index in [1.165, 1.54) is 13.3 Å². The van der Waals surface area contributed by atoms with Gasteiger partial charge in [-0.2, -0.15) is 0 Å². The van der Waals surface area contributed by atoms with Gasteiger partial charge in [-0.05, 0) is 25.2 Å². The highest BCUT2D eigenvalue weighted by molar-refractivity contribution is 5.94. The van der Waals surface area contributed by atoms with Crippen LogP contribution < -0.4 is 21.7 Å². The van der Waals surface area contributed by atoms with Crippen LogP contribution in [0.1, 0.15) is 46.7 Å². The number of carbonyl (C=O) groups excluding carboxylic acids is 3. The van der Waals surface area contributed by atoms with Crippen molar-refractivity contribution in [2.45, 2.75) is 77.7 Å². The number of carbonyl (C=O) groups is 4. The fraction of sp³-hybridized carbons (Fsp3) is 0.667. The molecule has 1 rings (SSSR count). The average molecular weight is 469 g/mol. The number of aliphatic hydroxyl groups excluding tert-OH is 1. The maximum atomic E-state index is 13.0. The molecule has 1 aromatic heterocycles. The number of carboxylic acid groups (broad SMARTS) is 1. The van der Waals surface area contributed by atoms with Gasteiger partial charge in [0, 0.05) is 18.3 Å². The summed E-state index contributed by atoms with van der Waals surface area (Å²) in [4.78, 5) is 56.3. The molecule has 0 spiro atoms. The van der Waals surface area contributed by atoms with Crippen molar-refractivity contribution >= 4 is 23.7 Å². The summed E-state index contributed by atoms with van der Waals surface area (Å²) < 4.78 is 0. The molecular formula is C21H36N6O6. The zero-order chi connectivity index (χ0) is 25.3. The van der Waals surface area contributed by atoms with Crippen molar-refractivity contribution in [2.75, 3.05) is 0 Å². The quantitative estimate of drug-likeness (QED) is 0.189. The maximum Gasteiger partial charge on any atom is 0.328 e. The summed E-state index contributed by atoms with van der Waals surface area (Å²) in [6, 6.07) is -4.48. The number of rotatable bonds is 13. The number of nitrogens with one attached hydrogen (secondary N) is 4. The molecule has 0 saturated carbocycles. The Morgan fingerprint density at radius 3 is 2.06 bits per heavy atom. The Morgan fingerprint density at radius 1 is 1.00 bits per heavy atom. The van der Waals surface area contributed by atoms with Crippen LogP contribution in [0.15, 0.2) is 12.5 Å². The Kier molecular flexibility index (Phi) is 11.0. The molecule has 1 heterocycles. The molecule has 186 valence electrons. The zero-order valence-electron chi connectivity index (χ0n) is 19.7. The van der Waals surface area contributed by atoms with Crippen molar-refractivity contribution in [3.05, 3.63) is 18.2 Å². The van der Waals surface area contributed by atoms with Crippen molar-refractivity contribution in [2.24, 2.45) is 17.6 Å². The van der Waals surface area contributed by atoms with Crippen molar-refractivity contribution in [3.8, 4) is 0 Å². The van der Waals surface area contributed by atoms with E-state index in [0.717, 1.165) is 0 Å². The monoisotopic (exact) mass is 468 g/mol. The van der Waals surface area contributed by atoms with E-state index in [4.69, 9.17) is 5.73 Å². The molecule has 0 bridgehead atoms. The molecule has 33 heavy (non-hydrogen) atoms. The first-order chi connectivity index (χ1) is 15.3. The molecule has 5 unspecified atom stereocenters. The molecule has 0 aliphatic heterocycles. The van der Waals surface area contributed by atoms with Crippen LogP contribution in [-0.4, -0.2) is 74.1 Å². The molecule has 12 heteroatoms. The summed E-state index contributed by atoms with van der Waals surface area (Å²) in [6.45, 7) is 8.36. The molecule has 0 aromatic carbocycles. The van der Waals surface area contributed by atoms with Gasteiger partial charge in [0.25, 0.3) is 0 Å². The van der Waals surface area contributed by atoms with Crippen LogP contribution in [0.3, 0.4) is 0 Å². The van der Waals surface area contributed by atoms with E-state index in [9.17, 15) is 29.4 Å². The number of nitrogens with zero attached hydrogens (tertiary/aromatic N) is 1. The van der Waals surface area contributed by atoms with E-state index in [-0.39, 0.29) is 12.3 Å². The molecule has 3 amide bonds.